The number of sulfonamides is 1. The molecule has 9 heteroatoms. The molecule has 0 unspecified atom stereocenters. The Kier molecular flexibility index (Phi) is 4.30. The van der Waals surface area contributed by atoms with Crippen molar-refractivity contribution in [2.75, 3.05) is 13.1 Å². The zero-order valence-corrected chi connectivity index (χ0v) is 16.6. The Morgan fingerprint density at radius 2 is 2.12 bits per heavy atom. The SMILES string of the molecule is Cc1cc(S(=O)(=O)N2CCC[C@H](c3nncn3C3CC3)C2)sc1Br. The number of aromatic nitrogens is 3. The molecule has 0 amide bonds. The van der Waals surface area contributed by atoms with Crippen LogP contribution in [0.3, 0.4) is 0 Å². The molecular weight excluding hydrogens is 412 g/mol. The van der Waals surface area contributed by atoms with E-state index in [0.29, 0.717) is 23.3 Å². The van der Waals surface area contributed by atoms with Crippen LogP contribution in [0.4, 0.5) is 0 Å². The molecule has 130 valence electrons. The third kappa shape index (κ3) is 2.95. The summed E-state index contributed by atoms with van der Waals surface area (Å²) in [4.78, 5) is 0. The number of hydrogen-bond acceptors (Lipinski definition) is 5. The van der Waals surface area contributed by atoms with E-state index in [-0.39, 0.29) is 5.92 Å². The molecule has 0 N–H and O–H groups in total. The van der Waals surface area contributed by atoms with Crippen LogP contribution in [0.1, 0.15) is 49.0 Å². The first-order valence-corrected chi connectivity index (χ1v) is 11.2. The highest BCUT2D eigenvalue weighted by Gasteiger charge is 2.36. The number of rotatable bonds is 4. The lowest BCUT2D eigenvalue weighted by atomic mass is 9.99. The third-order valence-corrected chi connectivity index (χ3v) is 9.17. The van der Waals surface area contributed by atoms with Crippen LogP contribution < -0.4 is 0 Å². The second kappa shape index (κ2) is 6.19. The zero-order chi connectivity index (χ0) is 16.9. The van der Waals surface area contributed by atoms with Gasteiger partial charge >= 0.3 is 0 Å². The fourth-order valence-electron chi connectivity index (χ4n) is 3.24. The normalized spacial score (nSPS) is 22.8. The summed E-state index contributed by atoms with van der Waals surface area (Å²) in [6, 6.07) is 2.26. The molecule has 4 rings (SSSR count). The highest BCUT2D eigenvalue weighted by molar-refractivity contribution is 9.11. The molecule has 2 aliphatic rings. The first-order chi connectivity index (χ1) is 11.5. The van der Waals surface area contributed by atoms with Crippen molar-refractivity contribution in [3.05, 3.63) is 27.6 Å². The predicted molar refractivity (Wildman–Crippen MR) is 95.8 cm³/mol. The molecule has 2 aromatic rings. The summed E-state index contributed by atoms with van der Waals surface area (Å²) in [5.74, 6) is 1.07. The second-order valence-corrected chi connectivity index (χ2v) is 11.1. The Bertz CT molecular complexity index is 837. The van der Waals surface area contributed by atoms with E-state index in [1.807, 2.05) is 6.92 Å². The largest absolute Gasteiger partial charge is 0.314 e. The maximum Gasteiger partial charge on any atom is 0.252 e. The zero-order valence-electron chi connectivity index (χ0n) is 13.4. The molecule has 0 spiro atoms. The molecular formula is C15H19BrN4O2S2. The van der Waals surface area contributed by atoms with Gasteiger partial charge < -0.3 is 4.57 Å². The standard InChI is InChI=1S/C15H19BrN4O2S2/c1-10-7-13(23-14(10)16)24(21,22)19-6-2-3-11(8-19)15-18-17-9-20(15)12-4-5-12/h7,9,11-12H,2-6,8H2,1H3/t11-/m0/s1. The number of halogens is 1. The smallest absolute Gasteiger partial charge is 0.252 e. The van der Waals surface area contributed by atoms with E-state index < -0.39 is 10.0 Å². The average Bonchev–Trinajstić information content (AvgIpc) is 3.19. The minimum atomic E-state index is -3.44. The lowest BCUT2D eigenvalue weighted by Gasteiger charge is -2.31. The molecule has 0 radical (unpaired) electrons. The fourth-order valence-corrected chi connectivity index (χ4v) is 7.14. The minimum absolute atomic E-state index is 0.126. The van der Waals surface area contributed by atoms with E-state index in [9.17, 15) is 8.42 Å². The number of nitrogens with zero attached hydrogens (tertiary/aromatic N) is 4. The third-order valence-electron chi connectivity index (χ3n) is 4.72. The highest BCUT2D eigenvalue weighted by Crippen LogP contribution is 2.39. The van der Waals surface area contributed by atoms with Crippen molar-refractivity contribution in [3.8, 4) is 0 Å². The molecule has 1 saturated heterocycles. The highest BCUT2D eigenvalue weighted by atomic mass is 79.9. The van der Waals surface area contributed by atoms with Gasteiger partial charge in [0.15, 0.2) is 0 Å². The molecule has 1 aliphatic carbocycles. The van der Waals surface area contributed by atoms with Crippen LogP contribution in [0, 0.1) is 6.92 Å². The molecule has 0 aromatic carbocycles. The van der Waals surface area contributed by atoms with Crippen LogP contribution in [0.5, 0.6) is 0 Å². The van der Waals surface area contributed by atoms with Gasteiger partial charge in [0.1, 0.15) is 16.4 Å². The van der Waals surface area contributed by atoms with E-state index >= 15 is 0 Å². The number of hydrogen-bond donors (Lipinski definition) is 0. The Labute approximate surface area is 154 Å². The van der Waals surface area contributed by atoms with E-state index in [4.69, 9.17) is 0 Å². The Hall–Kier alpha value is -0.770. The van der Waals surface area contributed by atoms with Crippen molar-refractivity contribution in [1.29, 1.82) is 0 Å². The van der Waals surface area contributed by atoms with Crippen molar-refractivity contribution in [3.63, 3.8) is 0 Å². The molecule has 0 bridgehead atoms. The van der Waals surface area contributed by atoms with E-state index in [0.717, 1.165) is 28.0 Å². The Morgan fingerprint density at radius 1 is 1.33 bits per heavy atom. The summed E-state index contributed by atoms with van der Waals surface area (Å²) in [6.07, 6.45) is 5.95. The van der Waals surface area contributed by atoms with Crippen LogP contribution in [0.2, 0.25) is 0 Å². The summed E-state index contributed by atoms with van der Waals surface area (Å²) in [6.45, 7) is 2.98. The van der Waals surface area contributed by atoms with Crippen molar-refractivity contribution in [2.45, 2.75) is 48.8 Å². The monoisotopic (exact) mass is 430 g/mol. The summed E-state index contributed by atoms with van der Waals surface area (Å²) in [5.41, 5.74) is 0.959. The van der Waals surface area contributed by atoms with Gasteiger partial charge in [-0.25, -0.2) is 8.42 Å². The van der Waals surface area contributed by atoms with Gasteiger partial charge in [0, 0.05) is 25.0 Å². The molecule has 2 aromatic heterocycles. The van der Waals surface area contributed by atoms with Gasteiger partial charge in [-0.1, -0.05) is 0 Å². The van der Waals surface area contributed by atoms with Gasteiger partial charge in [-0.2, -0.15) is 4.31 Å². The maximum atomic E-state index is 13.0. The lowest BCUT2D eigenvalue weighted by molar-refractivity contribution is 0.305. The molecule has 1 saturated carbocycles. The van der Waals surface area contributed by atoms with Crippen molar-refractivity contribution in [2.24, 2.45) is 0 Å². The van der Waals surface area contributed by atoms with Gasteiger partial charge in [-0.05, 0) is 60.2 Å². The second-order valence-electron chi connectivity index (χ2n) is 6.55. The summed E-state index contributed by atoms with van der Waals surface area (Å²) in [7, 11) is -3.44. The van der Waals surface area contributed by atoms with Gasteiger partial charge in [0.05, 0.1) is 3.79 Å². The van der Waals surface area contributed by atoms with Crippen LogP contribution in [-0.4, -0.2) is 40.6 Å². The van der Waals surface area contributed by atoms with Crippen molar-refractivity contribution >= 4 is 37.3 Å². The molecule has 1 atom stereocenters. The van der Waals surface area contributed by atoms with Crippen molar-refractivity contribution in [1.82, 2.24) is 19.1 Å². The molecule has 24 heavy (non-hydrogen) atoms. The fraction of sp³-hybridized carbons (Fsp3) is 0.600. The van der Waals surface area contributed by atoms with E-state index in [1.54, 1.807) is 16.7 Å². The van der Waals surface area contributed by atoms with Gasteiger partial charge in [-0.15, -0.1) is 21.5 Å². The van der Waals surface area contributed by atoms with E-state index in [2.05, 4.69) is 30.7 Å². The summed E-state index contributed by atoms with van der Waals surface area (Å²) in [5, 5.41) is 8.35. The Balaban J connectivity index is 1.59. The van der Waals surface area contributed by atoms with Crippen LogP contribution in [0.25, 0.3) is 0 Å². The van der Waals surface area contributed by atoms with Crippen LogP contribution >= 0.6 is 27.3 Å². The number of piperidine rings is 1. The van der Waals surface area contributed by atoms with Crippen molar-refractivity contribution < 1.29 is 8.42 Å². The molecule has 2 fully saturated rings. The first kappa shape index (κ1) is 16.7. The number of thiophene rings is 1. The van der Waals surface area contributed by atoms with Crippen LogP contribution in [-0.2, 0) is 10.0 Å². The molecule has 3 heterocycles. The molecule has 1 aliphatic heterocycles. The first-order valence-electron chi connectivity index (χ1n) is 8.12. The minimum Gasteiger partial charge on any atom is -0.314 e. The lowest BCUT2D eigenvalue weighted by Crippen LogP contribution is -2.39. The quantitative estimate of drug-likeness (QED) is 0.745. The molecule has 6 nitrogen and oxygen atoms in total. The van der Waals surface area contributed by atoms with E-state index in [1.165, 1.54) is 24.2 Å². The topological polar surface area (TPSA) is 68.1 Å². The average molecular weight is 431 g/mol. The van der Waals surface area contributed by atoms with Gasteiger partial charge in [0.2, 0.25) is 0 Å². The predicted octanol–water partition coefficient (Wildman–Crippen LogP) is 3.31. The number of aryl methyl sites for hydroxylation is 1. The van der Waals surface area contributed by atoms with Crippen LogP contribution in [0.15, 0.2) is 20.4 Å². The van der Waals surface area contributed by atoms with Gasteiger partial charge in [0.25, 0.3) is 10.0 Å². The van der Waals surface area contributed by atoms with Gasteiger partial charge in [-0.3, -0.25) is 0 Å². The summed E-state index contributed by atoms with van der Waals surface area (Å²) < 4.78 is 31.0. The maximum absolute atomic E-state index is 13.0. The Morgan fingerprint density at radius 3 is 2.79 bits per heavy atom. The summed E-state index contributed by atoms with van der Waals surface area (Å²) >= 11 is 4.71.